The third kappa shape index (κ3) is 4.45. The van der Waals surface area contributed by atoms with Crippen LogP contribution in [0.4, 0.5) is 10.5 Å². The summed E-state index contributed by atoms with van der Waals surface area (Å²) in [6, 6.07) is 7.89. The first-order valence-corrected chi connectivity index (χ1v) is 9.65. The highest BCUT2D eigenvalue weighted by Crippen LogP contribution is 2.21. The van der Waals surface area contributed by atoms with Gasteiger partial charge in [0, 0.05) is 43.5 Å². The Morgan fingerprint density at radius 3 is 2.31 bits per heavy atom. The fraction of sp³-hybridized carbons (Fsp3) is 0.524. The predicted molar refractivity (Wildman–Crippen MR) is 105 cm³/mol. The Balaban J connectivity index is 1.50. The first-order valence-electron chi connectivity index (χ1n) is 9.65. The highest BCUT2D eigenvalue weighted by molar-refractivity contribution is 5.94. The topological polar surface area (TPSA) is 52.7 Å². The van der Waals surface area contributed by atoms with Crippen LogP contribution in [0.5, 0.6) is 0 Å². The van der Waals surface area contributed by atoms with Crippen LogP contribution in [0.15, 0.2) is 35.9 Å². The molecule has 1 N–H and O–H groups in total. The third-order valence-corrected chi connectivity index (χ3v) is 5.43. The van der Waals surface area contributed by atoms with Gasteiger partial charge in [-0.1, -0.05) is 11.6 Å². The van der Waals surface area contributed by atoms with E-state index in [0.29, 0.717) is 13.1 Å². The van der Waals surface area contributed by atoms with Crippen LogP contribution in [0.2, 0.25) is 0 Å². The standard InChI is InChI=1S/C21H29N3O2/c1-16(18-6-4-3-5-7-18)22-21(26)24-14-12-23(13-15-24)20-10-8-19(9-11-20)17(2)25/h6,8-11,16H,3-5,7,12-15H2,1-2H3,(H,22,26)/t16-/m1/s1. The van der Waals surface area contributed by atoms with Crippen LogP contribution >= 0.6 is 0 Å². The van der Waals surface area contributed by atoms with Crippen molar-refractivity contribution >= 4 is 17.5 Å². The maximum absolute atomic E-state index is 12.5. The molecule has 1 aromatic rings. The van der Waals surface area contributed by atoms with E-state index in [0.717, 1.165) is 37.2 Å². The summed E-state index contributed by atoms with van der Waals surface area (Å²) < 4.78 is 0. The molecular weight excluding hydrogens is 326 g/mol. The number of amides is 2. The summed E-state index contributed by atoms with van der Waals surface area (Å²) in [5.41, 5.74) is 3.21. The van der Waals surface area contributed by atoms with Crippen LogP contribution in [0.25, 0.3) is 0 Å². The normalized spacial score (nSPS) is 18.9. The van der Waals surface area contributed by atoms with Gasteiger partial charge in [0.1, 0.15) is 0 Å². The first-order chi connectivity index (χ1) is 12.5. The number of carbonyl (C=O) groups is 2. The van der Waals surface area contributed by atoms with Gasteiger partial charge in [0.15, 0.2) is 5.78 Å². The van der Waals surface area contributed by atoms with Crippen molar-refractivity contribution in [3.8, 4) is 0 Å². The van der Waals surface area contributed by atoms with E-state index in [4.69, 9.17) is 0 Å². The van der Waals surface area contributed by atoms with Gasteiger partial charge in [-0.15, -0.1) is 0 Å². The fourth-order valence-electron chi connectivity index (χ4n) is 3.70. The number of hydrogen-bond donors (Lipinski definition) is 1. The van der Waals surface area contributed by atoms with Gasteiger partial charge in [-0.25, -0.2) is 4.79 Å². The smallest absolute Gasteiger partial charge is 0.317 e. The second-order valence-corrected chi connectivity index (χ2v) is 7.27. The minimum absolute atomic E-state index is 0.0375. The van der Waals surface area contributed by atoms with E-state index >= 15 is 0 Å². The molecule has 2 aliphatic rings. The Bertz CT molecular complexity index is 673. The van der Waals surface area contributed by atoms with Gasteiger partial charge >= 0.3 is 6.03 Å². The molecule has 1 atom stereocenters. The summed E-state index contributed by atoms with van der Waals surface area (Å²) in [5, 5.41) is 3.16. The monoisotopic (exact) mass is 355 g/mol. The van der Waals surface area contributed by atoms with Gasteiger partial charge in [0.05, 0.1) is 0 Å². The average Bonchev–Trinajstić information content (AvgIpc) is 2.69. The van der Waals surface area contributed by atoms with Crippen molar-refractivity contribution in [2.24, 2.45) is 0 Å². The maximum atomic E-state index is 12.5. The number of Topliss-reactive ketones (excluding diaryl/α,β-unsaturated/α-hetero) is 1. The van der Waals surface area contributed by atoms with E-state index in [1.807, 2.05) is 29.2 Å². The van der Waals surface area contributed by atoms with Gasteiger partial charge in [-0.2, -0.15) is 0 Å². The molecule has 3 rings (SSSR count). The molecule has 5 heteroatoms. The van der Waals surface area contributed by atoms with E-state index in [1.165, 1.54) is 18.4 Å². The Labute approximate surface area is 156 Å². The molecule has 0 aromatic heterocycles. The number of carbonyl (C=O) groups excluding carboxylic acids is 2. The summed E-state index contributed by atoms with van der Waals surface area (Å²) in [6.45, 7) is 6.71. The first kappa shape index (κ1) is 18.5. The van der Waals surface area contributed by atoms with Crippen molar-refractivity contribution in [2.45, 2.75) is 45.6 Å². The molecule has 1 aliphatic carbocycles. The van der Waals surface area contributed by atoms with Crippen molar-refractivity contribution in [1.29, 1.82) is 0 Å². The average molecular weight is 355 g/mol. The summed E-state index contributed by atoms with van der Waals surface area (Å²) in [7, 11) is 0. The van der Waals surface area contributed by atoms with Gasteiger partial charge in [0.2, 0.25) is 0 Å². The lowest BCUT2D eigenvalue weighted by Crippen LogP contribution is -2.53. The predicted octanol–water partition coefficient (Wildman–Crippen LogP) is 3.61. The second-order valence-electron chi connectivity index (χ2n) is 7.27. The molecule has 1 aliphatic heterocycles. The fourth-order valence-corrected chi connectivity index (χ4v) is 3.70. The zero-order valence-electron chi connectivity index (χ0n) is 15.8. The summed E-state index contributed by atoms with van der Waals surface area (Å²) in [4.78, 5) is 28.1. The molecule has 5 nitrogen and oxygen atoms in total. The molecule has 1 fully saturated rings. The number of nitrogens with one attached hydrogen (secondary N) is 1. The third-order valence-electron chi connectivity index (χ3n) is 5.43. The van der Waals surface area contributed by atoms with Gasteiger partial charge in [-0.05, 0) is 63.8 Å². The molecule has 0 saturated carbocycles. The lowest BCUT2D eigenvalue weighted by molar-refractivity contribution is 0.101. The number of nitrogens with zero attached hydrogens (tertiary/aromatic N) is 2. The Hall–Kier alpha value is -2.30. The number of anilines is 1. The molecule has 0 radical (unpaired) electrons. The second kappa shape index (κ2) is 8.39. The number of piperazine rings is 1. The van der Waals surface area contributed by atoms with Crippen LogP contribution < -0.4 is 10.2 Å². The molecule has 1 aromatic carbocycles. The van der Waals surface area contributed by atoms with E-state index in [-0.39, 0.29) is 17.9 Å². The zero-order chi connectivity index (χ0) is 18.5. The molecule has 26 heavy (non-hydrogen) atoms. The van der Waals surface area contributed by atoms with Crippen molar-refractivity contribution in [3.63, 3.8) is 0 Å². The highest BCUT2D eigenvalue weighted by atomic mass is 16.2. The van der Waals surface area contributed by atoms with Gasteiger partial charge in [-0.3, -0.25) is 4.79 Å². The van der Waals surface area contributed by atoms with E-state index in [2.05, 4.69) is 23.2 Å². The maximum Gasteiger partial charge on any atom is 0.317 e. The molecule has 0 bridgehead atoms. The molecule has 140 valence electrons. The van der Waals surface area contributed by atoms with Crippen LogP contribution in [0, 0.1) is 0 Å². The van der Waals surface area contributed by atoms with Crippen molar-refractivity contribution < 1.29 is 9.59 Å². The Kier molecular flexibility index (Phi) is 5.96. The van der Waals surface area contributed by atoms with E-state index in [1.54, 1.807) is 6.92 Å². The number of allylic oxidation sites excluding steroid dienone is 1. The minimum Gasteiger partial charge on any atom is -0.368 e. The van der Waals surface area contributed by atoms with Gasteiger partial charge in [0.25, 0.3) is 0 Å². The van der Waals surface area contributed by atoms with Gasteiger partial charge < -0.3 is 15.1 Å². The molecule has 2 amide bonds. The van der Waals surface area contributed by atoms with Crippen LogP contribution in [-0.4, -0.2) is 48.9 Å². The van der Waals surface area contributed by atoms with Crippen LogP contribution in [0.1, 0.15) is 49.9 Å². The molecular formula is C21H29N3O2. The highest BCUT2D eigenvalue weighted by Gasteiger charge is 2.23. The molecule has 0 spiro atoms. The summed E-state index contributed by atoms with van der Waals surface area (Å²) in [6.07, 6.45) is 7.02. The largest absolute Gasteiger partial charge is 0.368 e. The minimum atomic E-state index is 0.0375. The number of urea groups is 1. The molecule has 1 saturated heterocycles. The number of benzene rings is 1. The van der Waals surface area contributed by atoms with E-state index < -0.39 is 0 Å². The van der Waals surface area contributed by atoms with Crippen LogP contribution in [0.3, 0.4) is 0 Å². The SMILES string of the molecule is CC(=O)c1ccc(N2CCN(C(=O)N[C@H](C)C3=CCCCC3)CC2)cc1. The number of ketones is 1. The van der Waals surface area contributed by atoms with Crippen molar-refractivity contribution in [2.75, 3.05) is 31.1 Å². The zero-order valence-corrected chi connectivity index (χ0v) is 15.8. The number of rotatable bonds is 4. The summed E-state index contributed by atoms with van der Waals surface area (Å²) in [5.74, 6) is 0.0836. The lowest BCUT2D eigenvalue weighted by atomic mass is 9.95. The Morgan fingerprint density at radius 1 is 1.04 bits per heavy atom. The van der Waals surface area contributed by atoms with Crippen molar-refractivity contribution in [1.82, 2.24) is 10.2 Å². The molecule has 0 unspecified atom stereocenters. The van der Waals surface area contributed by atoms with Crippen LogP contribution in [-0.2, 0) is 0 Å². The molecule has 1 heterocycles. The van der Waals surface area contributed by atoms with E-state index in [9.17, 15) is 9.59 Å². The quantitative estimate of drug-likeness (QED) is 0.663. The number of hydrogen-bond acceptors (Lipinski definition) is 3. The Morgan fingerprint density at radius 2 is 1.73 bits per heavy atom. The lowest BCUT2D eigenvalue weighted by Gasteiger charge is -2.36. The summed E-state index contributed by atoms with van der Waals surface area (Å²) >= 11 is 0. The van der Waals surface area contributed by atoms with Crippen molar-refractivity contribution in [3.05, 3.63) is 41.5 Å².